The summed E-state index contributed by atoms with van der Waals surface area (Å²) >= 11 is 0. The molecule has 736 valence electrons. The Morgan fingerprint density at radius 3 is 1.61 bits per heavy atom. The molecule has 4 aromatic carbocycles. The van der Waals surface area contributed by atoms with Crippen LogP contribution >= 0.6 is 0 Å². The van der Waals surface area contributed by atoms with Gasteiger partial charge >= 0.3 is 17.9 Å². The number of aliphatic hydroxyl groups excluding tert-OH is 3. The topological polar surface area (TPSA) is 739 Å². The van der Waals surface area contributed by atoms with Crippen molar-refractivity contribution in [2.24, 2.45) is 23.3 Å². The number of aliphatic hydroxyl groups is 3. The molecular weight excluding hydrogens is 1780 g/mol. The molecule has 4 heterocycles. The van der Waals surface area contributed by atoms with Gasteiger partial charge in [-0.15, -0.1) is 0 Å². The van der Waals surface area contributed by atoms with Gasteiger partial charge in [0.15, 0.2) is 6.04 Å². The van der Waals surface area contributed by atoms with E-state index in [0.29, 0.717) is 38.9 Å². The van der Waals surface area contributed by atoms with Crippen molar-refractivity contribution >= 4 is 112 Å². The Labute approximate surface area is 780 Å². The zero-order chi connectivity index (χ0) is 99.7. The van der Waals surface area contributed by atoms with Gasteiger partial charge in [-0.25, -0.2) is 9.78 Å². The molecule has 16 atom stereocenters. The molecule has 1 fully saturated rings. The third kappa shape index (κ3) is 32.2. The number of hydrogen-bond acceptors (Lipinski definition) is 26. The SMILES string of the molecule is CC(C)C[C@H](NC(=O)[C@@H]1CCCN1C(=O)[C@H](CO)NC(=O)[C@H](Cc1ccc(O)cc1)NC(=O)[C@@H](NC(=O)[C@H](Cc1c[nH]c2ccccc12)NC(=O)[C@H](CO)NC(=O)[C@H](CCCNC(N)N)NC(=O)[C@H](CCC(=O)O)NC(=O)[C@H](CC(=O)O)NC(=O)[C@@H](NC(=O)[C@@H]1C=CCN1C(=O)[C@H](Cc1ccccc1)NC(=O)[C@@H]([NH3+])Cc1ccc(O)cc1)[C@@H](C)O)C(C)C)C(=O)N[C@@H](Cc1c[nH]cn1)C(=O)O. The molecule has 46 heteroatoms. The maximum Gasteiger partial charge on any atom is 0.326 e. The molecule has 2 aromatic heterocycles. The Bertz CT molecular complexity index is 5180. The van der Waals surface area contributed by atoms with E-state index < -0.39 is 248 Å². The van der Waals surface area contributed by atoms with Crippen LogP contribution in [0.2, 0.25) is 0 Å². The summed E-state index contributed by atoms with van der Waals surface area (Å²) in [5.74, 6) is -20.8. The summed E-state index contributed by atoms with van der Waals surface area (Å²) in [7, 11) is 0. The molecule has 0 radical (unpaired) electrons. The van der Waals surface area contributed by atoms with Gasteiger partial charge in [0.2, 0.25) is 76.8 Å². The first-order valence-corrected chi connectivity index (χ1v) is 44.3. The number of benzene rings is 4. The van der Waals surface area contributed by atoms with Crippen LogP contribution in [0, 0.1) is 11.8 Å². The standard InChI is InChI=1S/C90H121N21O25/c1-46(2)34-61(78(124)105-66(89(135)136)39-53-42-94-45-97-53)101-83(129)69-19-12-33-111(69)88(134)68(44-113)107-79(125)62(36-51-23-27-55(116)28-24-51)102-85(131)73(47(3)4)108-81(127)63(38-52-41-96-58-17-10-9-16-56(52)58)100-82(128)67(43-112)106-76(122)59(18-11-31-95-90(92)93)98-77(123)60(29-30-71(117)118)99-80(126)64(40-72(119)120)103-86(132)74(48(5)114)109-84(130)70-20-13-32-110(70)87(133)65(37-49-14-7-6-8-15-49)104-75(121)57(91)35-50-21-25-54(115)26-22-50/h6-10,13-17,20-28,41-42,45-48,57,59-70,73-74,90,95-96,112-116H,11-12,18-19,29-40,43-44,91-93H2,1-5H3,(H,94,97)(H,98,123)(H,99,126)(H,100,128)(H,101,129)(H,102,131)(H,103,132)(H,104,121)(H,105,124)(H,106,122)(H,107,125)(H,108,127)(H,109,130)(H,117,118)(H,119,120)(H,135,136)/p+1/t48-,57+,59+,60+,61+,62+,63+,64+,65+,66+,67+,68+,69+,70+,73+,74+/m1/s1. The normalized spacial score (nSPS) is 16.6. The fraction of sp³-hybridized carbons (Fsp3) is 0.467. The number of carboxylic acids is 3. The van der Waals surface area contributed by atoms with Crippen molar-refractivity contribution in [3.05, 3.63) is 162 Å². The monoisotopic (exact) mass is 1900 g/mol. The summed E-state index contributed by atoms with van der Waals surface area (Å²) in [5.41, 5.74) is 18.3. The molecule has 0 spiro atoms. The second kappa shape index (κ2) is 51.8. The van der Waals surface area contributed by atoms with Crippen molar-refractivity contribution < 1.29 is 128 Å². The van der Waals surface area contributed by atoms with E-state index >= 15 is 4.79 Å². The Balaban J connectivity index is 0.969. The van der Waals surface area contributed by atoms with Crippen LogP contribution in [0.4, 0.5) is 0 Å². The predicted molar refractivity (Wildman–Crippen MR) is 484 cm³/mol. The van der Waals surface area contributed by atoms with Gasteiger partial charge in [-0.05, 0) is 116 Å². The number of nitrogens with zero attached hydrogens (tertiary/aromatic N) is 3. The van der Waals surface area contributed by atoms with E-state index in [1.54, 1.807) is 80.6 Å². The molecule has 14 amide bonds. The summed E-state index contributed by atoms with van der Waals surface area (Å²) < 4.78 is 0. The number of hydrogen-bond donors (Lipinski definition) is 26. The molecule has 136 heavy (non-hydrogen) atoms. The number of nitrogens with two attached hydrogens (primary N) is 2. The number of nitrogens with one attached hydrogen (secondary N) is 15. The lowest BCUT2D eigenvalue weighted by Crippen LogP contribution is -2.70. The Hall–Kier alpha value is -14.3. The summed E-state index contributed by atoms with van der Waals surface area (Å²) in [5, 5.41) is 116. The zero-order valence-electron chi connectivity index (χ0n) is 75.6. The molecule has 30 N–H and O–H groups in total. The number of aromatic amines is 2. The third-order valence-electron chi connectivity index (χ3n) is 22.6. The number of quaternary nitrogens is 1. The van der Waals surface area contributed by atoms with Crippen LogP contribution in [0.3, 0.4) is 0 Å². The van der Waals surface area contributed by atoms with Crippen molar-refractivity contribution in [1.29, 1.82) is 0 Å². The summed E-state index contributed by atoms with van der Waals surface area (Å²) in [4.78, 5) is 252. The van der Waals surface area contributed by atoms with E-state index in [4.69, 9.17) is 11.5 Å². The Morgan fingerprint density at radius 1 is 0.500 bits per heavy atom. The predicted octanol–water partition coefficient (Wildman–Crippen LogP) is -5.94. The first-order valence-electron chi connectivity index (χ1n) is 44.3. The van der Waals surface area contributed by atoms with Gasteiger partial charge in [0.1, 0.15) is 102 Å². The van der Waals surface area contributed by atoms with Crippen LogP contribution in [0.15, 0.2) is 134 Å². The Kier molecular flexibility index (Phi) is 40.8. The van der Waals surface area contributed by atoms with E-state index in [9.17, 15) is 118 Å². The number of fused-ring (bicyclic) bond motifs is 1. The molecule has 2 aliphatic heterocycles. The van der Waals surface area contributed by atoms with Gasteiger partial charge in [0.05, 0.1) is 37.8 Å². The maximum atomic E-state index is 15.1. The minimum Gasteiger partial charge on any atom is -0.508 e. The fourth-order valence-electron chi connectivity index (χ4n) is 15.4. The average Bonchev–Trinajstić information content (AvgIpc) is 1.38. The van der Waals surface area contributed by atoms with Crippen molar-refractivity contribution in [1.82, 2.24) is 93.9 Å². The van der Waals surface area contributed by atoms with Crippen molar-refractivity contribution in [3.8, 4) is 11.5 Å². The second-order valence-electron chi connectivity index (χ2n) is 34.1. The molecule has 0 saturated carbocycles. The zero-order valence-corrected chi connectivity index (χ0v) is 75.6. The third-order valence-corrected chi connectivity index (χ3v) is 22.6. The number of phenolic OH excluding ortho intramolecular Hbond substituents is 2. The van der Waals surface area contributed by atoms with Gasteiger partial charge in [-0.1, -0.05) is 113 Å². The number of aromatic nitrogens is 3. The number of rotatable bonds is 53. The number of imidazole rings is 1. The summed E-state index contributed by atoms with van der Waals surface area (Å²) in [6.45, 7) is 5.03. The molecule has 6 aromatic rings. The van der Waals surface area contributed by atoms with E-state index in [1.807, 2.05) is 0 Å². The number of aromatic hydroxyl groups is 2. The van der Waals surface area contributed by atoms with Crippen molar-refractivity contribution in [2.45, 2.75) is 221 Å². The van der Waals surface area contributed by atoms with Crippen LogP contribution in [-0.2, 0) is 114 Å². The molecule has 0 aliphatic carbocycles. The first kappa shape index (κ1) is 107. The number of amides is 14. The van der Waals surface area contributed by atoms with Gasteiger partial charge in [0.25, 0.3) is 5.91 Å². The summed E-state index contributed by atoms with van der Waals surface area (Å²) in [6, 6.07) is 2.23. The molecule has 46 nitrogen and oxygen atoms in total. The van der Waals surface area contributed by atoms with Gasteiger partial charge in [-0.3, -0.25) is 82.0 Å². The van der Waals surface area contributed by atoms with E-state index in [0.717, 1.165) is 16.7 Å². The van der Waals surface area contributed by atoms with Gasteiger partial charge in [0, 0.05) is 74.9 Å². The lowest BCUT2D eigenvalue weighted by atomic mass is 9.99. The van der Waals surface area contributed by atoms with E-state index in [2.05, 4.69) is 89.8 Å². The second-order valence-corrected chi connectivity index (χ2v) is 34.1. The highest BCUT2D eigenvalue weighted by molar-refractivity contribution is 6.02. The first-order chi connectivity index (χ1) is 64.6. The van der Waals surface area contributed by atoms with E-state index in [1.165, 1.54) is 81.1 Å². The van der Waals surface area contributed by atoms with Crippen molar-refractivity contribution in [3.63, 3.8) is 0 Å². The molecular formula is C90H122N21O25+. The number of carboxylic acid groups (broad SMARTS) is 3. The lowest BCUT2D eigenvalue weighted by Gasteiger charge is -2.31. The van der Waals surface area contributed by atoms with Crippen molar-refractivity contribution in [2.75, 3.05) is 32.8 Å². The fourth-order valence-corrected chi connectivity index (χ4v) is 15.4. The molecule has 1 saturated heterocycles. The number of aliphatic carboxylic acids is 3. The molecule has 8 rings (SSSR count). The number of para-hydroxylation sites is 1. The van der Waals surface area contributed by atoms with E-state index in [-0.39, 0.29) is 94.8 Å². The number of H-pyrrole nitrogens is 2. The van der Waals surface area contributed by atoms with Crippen LogP contribution < -0.4 is 86.3 Å². The number of carbonyl (C=O) groups is 17. The largest absolute Gasteiger partial charge is 0.508 e. The number of carbonyl (C=O) groups excluding carboxylic acids is 14. The van der Waals surface area contributed by atoms with Crippen LogP contribution in [0.25, 0.3) is 10.9 Å². The maximum absolute atomic E-state index is 15.1. The highest BCUT2D eigenvalue weighted by atomic mass is 16.4. The quantitative estimate of drug-likeness (QED) is 0.00960. The number of phenols is 2. The molecule has 0 bridgehead atoms. The average molecular weight is 1900 g/mol. The van der Waals surface area contributed by atoms with Gasteiger partial charge in [-0.2, -0.15) is 0 Å². The highest BCUT2D eigenvalue weighted by Gasteiger charge is 2.44. The molecule has 2 aliphatic rings. The smallest absolute Gasteiger partial charge is 0.326 e. The minimum absolute atomic E-state index is 0.00557. The van der Waals surface area contributed by atoms with Gasteiger partial charge < -0.3 is 142 Å². The molecule has 0 unspecified atom stereocenters. The number of likely N-dealkylation sites (tertiary alicyclic amines) is 1. The van der Waals surface area contributed by atoms with Crippen LogP contribution in [0.5, 0.6) is 11.5 Å². The lowest BCUT2D eigenvalue weighted by molar-refractivity contribution is -0.403. The summed E-state index contributed by atoms with van der Waals surface area (Å²) in [6.07, 6.45) is 0.151. The van der Waals surface area contributed by atoms with Crippen LogP contribution in [-0.4, -0.2) is 302 Å². The van der Waals surface area contributed by atoms with Crippen LogP contribution in [0.1, 0.15) is 114 Å². The Morgan fingerprint density at radius 2 is 1.01 bits per heavy atom. The highest BCUT2D eigenvalue weighted by Crippen LogP contribution is 2.25. The minimum atomic E-state index is -2.20.